The number of carbonyl (C=O) groups is 1. The third-order valence-corrected chi connectivity index (χ3v) is 4.79. The molecule has 1 saturated carbocycles. The number of pyridine rings is 1. The number of nitriles is 1. The first kappa shape index (κ1) is 18.7. The van der Waals surface area contributed by atoms with E-state index in [4.69, 9.17) is 10.00 Å². The summed E-state index contributed by atoms with van der Waals surface area (Å²) in [4.78, 5) is 18.7. The summed E-state index contributed by atoms with van der Waals surface area (Å²) in [5.74, 6) is 0.513. The third-order valence-electron chi connectivity index (χ3n) is 4.79. The van der Waals surface area contributed by atoms with Gasteiger partial charge in [0.15, 0.2) is 0 Å². The molecule has 0 aliphatic heterocycles. The number of amides is 1. The van der Waals surface area contributed by atoms with Crippen LogP contribution in [0.25, 0.3) is 0 Å². The number of anilines is 1. The summed E-state index contributed by atoms with van der Waals surface area (Å²) in [6.45, 7) is 0. The molecule has 1 aliphatic rings. The summed E-state index contributed by atoms with van der Waals surface area (Å²) in [5.41, 5.74) is 2.21. The Balaban J connectivity index is 1.49. The van der Waals surface area contributed by atoms with Crippen LogP contribution in [0.3, 0.4) is 0 Å². The molecule has 0 bridgehead atoms. The van der Waals surface area contributed by atoms with Crippen LogP contribution in [0.15, 0.2) is 42.6 Å². The average Bonchev–Trinajstić information content (AvgIpc) is 2.70. The molecule has 140 valence electrons. The Morgan fingerprint density at radius 1 is 1.22 bits per heavy atom. The molecule has 2 aromatic rings. The molecule has 1 fully saturated rings. The summed E-state index contributed by atoms with van der Waals surface area (Å²) in [6, 6.07) is 13.3. The first-order valence-corrected chi connectivity index (χ1v) is 9.16. The summed E-state index contributed by atoms with van der Waals surface area (Å²) >= 11 is 0. The molecule has 0 saturated heterocycles. The second-order valence-corrected chi connectivity index (χ2v) is 7.01. The van der Waals surface area contributed by atoms with E-state index in [1.807, 2.05) is 49.3 Å². The van der Waals surface area contributed by atoms with E-state index < -0.39 is 0 Å². The van der Waals surface area contributed by atoms with Crippen LogP contribution in [-0.4, -0.2) is 37.1 Å². The van der Waals surface area contributed by atoms with Crippen LogP contribution < -0.4 is 15.0 Å². The van der Waals surface area contributed by atoms with E-state index in [1.54, 1.807) is 12.1 Å². The third kappa shape index (κ3) is 4.98. The number of nitrogens with zero attached hydrogens (tertiary/aromatic N) is 3. The molecule has 1 N–H and O–H groups in total. The average molecular weight is 364 g/mol. The Morgan fingerprint density at radius 3 is 2.63 bits per heavy atom. The molecule has 0 unspecified atom stereocenters. The molecular formula is C21H24N4O2. The van der Waals surface area contributed by atoms with E-state index in [0.717, 1.165) is 31.4 Å². The maximum absolute atomic E-state index is 12.5. The number of aromatic nitrogens is 1. The molecule has 1 heterocycles. The highest BCUT2D eigenvalue weighted by molar-refractivity contribution is 5.95. The van der Waals surface area contributed by atoms with Crippen molar-refractivity contribution in [2.45, 2.75) is 37.8 Å². The molecule has 6 nitrogen and oxygen atoms in total. The van der Waals surface area contributed by atoms with E-state index in [2.05, 4.69) is 10.3 Å². The second-order valence-electron chi connectivity index (χ2n) is 7.01. The lowest BCUT2D eigenvalue weighted by Crippen LogP contribution is -2.39. The van der Waals surface area contributed by atoms with Gasteiger partial charge in [0.05, 0.1) is 5.56 Å². The summed E-state index contributed by atoms with van der Waals surface area (Å²) < 4.78 is 5.90. The molecule has 1 aliphatic carbocycles. The van der Waals surface area contributed by atoms with Gasteiger partial charge in [0, 0.05) is 43.7 Å². The van der Waals surface area contributed by atoms with Gasteiger partial charge in [-0.2, -0.15) is 5.26 Å². The number of rotatable bonds is 5. The number of benzene rings is 1. The highest BCUT2D eigenvalue weighted by Gasteiger charge is 2.24. The van der Waals surface area contributed by atoms with Crippen LogP contribution in [0.2, 0.25) is 0 Å². The SMILES string of the molecule is CN(C)c1cccc(C(=O)NC2CCC(Oc3ccc(C#N)cn3)CC2)c1. The largest absolute Gasteiger partial charge is 0.474 e. The lowest BCUT2D eigenvalue weighted by atomic mass is 9.92. The Kier molecular flexibility index (Phi) is 5.92. The first-order valence-electron chi connectivity index (χ1n) is 9.16. The maximum Gasteiger partial charge on any atom is 0.251 e. The van der Waals surface area contributed by atoms with Crippen molar-refractivity contribution in [1.29, 1.82) is 5.26 Å². The number of carbonyl (C=O) groups excluding carboxylic acids is 1. The smallest absolute Gasteiger partial charge is 0.251 e. The highest BCUT2D eigenvalue weighted by Crippen LogP contribution is 2.23. The number of nitrogens with one attached hydrogen (secondary N) is 1. The highest BCUT2D eigenvalue weighted by atomic mass is 16.5. The zero-order valence-corrected chi connectivity index (χ0v) is 15.7. The molecule has 0 atom stereocenters. The van der Waals surface area contributed by atoms with Gasteiger partial charge in [0.2, 0.25) is 5.88 Å². The predicted molar refractivity (Wildman–Crippen MR) is 104 cm³/mol. The van der Waals surface area contributed by atoms with Gasteiger partial charge in [-0.15, -0.1) is 0 Å². The van der Waals surface area contributed by atoms with E-state index in [1.165, 1.54) is 6.20 Å². The van der Waals surface area contributed by atoms with E-state index in [0.29, 0.717) is 17.0 Å². The van der Waals surface area contributed by atoms with E-state index in [9.17, 15) is 4.79 Å². The molecular weight excluding hydrogens is 340 g/mol. The maximum atomic E-state index is 12.5. The van der Waals surface area contributed by atoms with Crippen molar-refractivity contribution in [1.82, 2.24) is 10.3 Å². The van der Waals surface area contributed by atoms with Gasteiger partial charge in [0.1, 0.15) is 12.2 Å². The van der Waals surface area contributed by atoms with Crippen LogP contribution in [0.1, 0.15) is 41.6 Å². The summed E-state index contributed by atoms with van der Waals surface area (Å²) in [5, 5.41) is 11.9. The molecule has 1 amide bonds. The van der Waals surface area contributed by atoms with Crippen molar-refractivity contribution < 1.29 is 9.53 Å². The molecule has 0 spiro atoms. The van der Waals surface area contributed by atoms with Gasteiger partial charge in [-0.3, -0.25) is 4.79 Å². The topological polar surface area (TPSA) is 78.3 Å². The Bertz CT molecular complexity index is 819. The molecule has 3 rings (SSSR count). The molecule has 1 aromatic carbocycles. The molecule has 1 aromatic heterocycles. The fraction of sp³-hybridized carbons (Fsp3) is 0.381. The van der Waals surface area contributed by atoms with Crippen LogP contribution >= 0.6 is 0 Å². The fourth-order valence-corrected chi connectivity index (χ4v) is 3.21. The van der Waals surface area contributed by atoms with Gasteiger partial charge in [-0.05, 0) is 49.9 Å². The quantitative estimate of drug-likeness (QED) is 0.882. The van der Waals surface area contributed by atoms with E-state index >= 15 is 0 Å². The van der Waals surface area contributed by atoms with Crippen molar-refractivity contribution in [3.63, 3.8) is 0 Å². The Morgan fingerprint density at radius 2 is 2.00 bits per heavy atom. The van der Waals surface area contributed by atoms with Gasteiger partial charge < -0.3 is 15.0 Å². The van der Waals surface area contributed by atoms with Crippen molar-refractivity contribution in [2.75, 3.05) is 19.0 Å². The van der Waals surface area contributed by atoms with Crippen LogP contribution in [-0.2, 0) is 0 Å². The van der Waals surface area contributed by atoms with E-state index in [-0.39, 0.29) is 18.1 Å². The van der Waals surface area contributed by atoms with Gasteiger partial charge in [0.25, 0.3) is 5.91 Å². The summed E-state index contributed by atoms with van der Waals surface area (Å²) in [7, 11) is 3.92. The van der Waals surface area contributed by atoms with Crippen molar-refractivity contribution in [3.05, 3.63) is 53.7 Å². The van der Waals surface area contributed by atoms with Crippen molar-refractivity contribution in [3.8, 4) is 11.9 Å². The minimum absolute atomic E-state index is 0.0307. The van der Waals surface area contributed by atoms with Gasteiger partial charge in [-0.25, -0.2) is 4.98 Å². The summed E-state index contributed by atoms with van der Waals surface area (Å²) in [6.07, 6.45) is 5.09. The predicted octanol–water partition coefficient (Wildman–Crippen LogP) is 3.14. The van der Waals surface area contributed by atoms with Gasteiger partial charge in [-0.1, -0.05) is 6.07 Å². The van der Waals surface area contributed by atoms with Crippen LogP contribution in [0, 0.1) is 11.3 Å². The normalized spacial score (nSPS) is 19.0. The minimum Gasteiger partial charge on any atom is -0.474 e. The number of hydrogen-bond acceptors (Lipinski definition) is 5. The standard InChI is InChI=1S/C21H24N4O2/c1-25(2)18-5-3-4-16(12-18)21(26)24-17-7-9-19(10-8-17)27-20-11-6-15(13-22)14-23-20/h3-6,11-12,14,17,19H,7-10H2,1-2H3,(H,24,26). The zero-order valence-electron chi connectivity index (χ0n) is 15.7. The first-order chi connectivity index (χ1) is 13.0. The monoisotopic (exact) mass is 364 g/mol. The Labute approximate surface area is 159 Å². The van der Waals surface area contributed by atoms with Crippen LogP contribution in [0.5, 0.6) is 5.88 Å². The minimum atomic E-state index is -0.0307. The fourth-order valence-electron chi connectivity index (χ4n) is 3.21. The number of hydrogen-bond donors (Lipinski definition) is 1. The molecule has 27 heavy (non-hydrogen) atoms. The molecule has 6 heteroatoms. The second kappa shape index (κ2) is 8.54. The zero-order chi connectivity index (χ0) is 19.2. The van der Waals surface area contributed by atoms with Crippen molar-refractivity contribution in [2.24, 2.45) is 0 Å². The van der Waals surface area contributed by atoms with Crippen molar-refractivity contribution >= 4 is 11.6 Å². The van der Waals surface area contributed by atoms with Crippen LogP contribution in [0.4, 0.5) is 5.69 Å². The van der Waals surface area contributed by atoms with Gasteiger partial charge >= 0.3 is 0 Å². The number of ether oxygens (including phenoxy) is 1. The lowest BCUT2D eigenvalue weighted by molar-refractivity contribution is 0.0890. The Hall–Kier alpha value is -3.07. The molecule has 0 radical (unpaired) electrons. The lowest BCUT2D eigenvalue weighted by Gasteiger charge is -2.29.